The number of carbonyl (C=O) groups excluding carboxylic acids is 1. The van der Waals surface area contributed by atoms with E-state index < -0.39 is 10.0 Å². The molecule has 1 heterocycles. The predicted octanol–water partition coefficient (Wildman–Crippen LogP) is 4.30. The summed E-state index contributed by atoms with van der Waals surface area (Å²) >= 11 is 6.05. The fourth-order valence-electron chi connectivity index (χ4n) is 3.18. The molecular formula is C24H21ClN4O3S. The van der Waals surface area contributed by atoms with Crippen molar-refractivity contribution in [3.8, 4) is 5.69 Å². The van der Waals surface area contributed by atoms with E-state index in [-0.39, 0.29) is 27.1 Å². The lowest BCUT2D eigenvalue weighted by molar-refractivity contribution is 0.0954. The summed E-state index contributed by atoms with van der Waals surface area (Å²) in [4.78, 5) is 12.5. The largest absolute Gasteiger partial charge is 0.352 e. The number of hydrogen-bond acceptors (Lipinski definition) is 4. The van der Waals surface area contributed by atoms with Crippen LogP contribution in [0.4, 0.5) is 5.69 Å². The molecule has 9 heteroatoms. The van der Waals surface area contributed by atoms with Crippen molar-refractivity contribution in [2.24, 2.45) is 0 Å². The van der Waals surface area contributed by atoms with Crippen LogP contribution in [0.15, 0.2) is 96.0 Å². The Kier molecular flexibility index (Phi) is 6.76. The Morgan fingerprint density at radius 1 is 0.939 bits per heavy atom. The minimum absolute atomic E-state index is 0.0309. The number of amides is 1. The standard InChI is InChI=1S/C24H21ClN4O3S/c25-22-11-4-5-12-23(22)28-33(31,32)21-10-6-7-18(17-21)24(30)26-15-13-19-14-16-29(27-19)20-8-2-1-3-9-20/h1-12,14,16-17,28H,13,15H2,(H,26,30). The zero-order valence-corrected chi connectivity index (χ0v) is 19.1. The van der Waals surface area contributed by atoms with Gasteiger partial charge in [0.25, 0.3) is 15.9 Å². The highest BCUT2D eigenvalue weighted by Gasteiger charge is 2.17. The number of aromatic nitrogens is 2. The first-order valence-corrected chi connectivity index (χ1v) is 12.0. The van der Waals surface area contributed by atoms with E-state index in [1.165, 1.54) is 18.2 Å². The van der Waals surface area contributed by atoms with Crippen molar-refractivity contribution in [2.75, 3.05) is 11.3 Å². The number of para-hydroxylation sites is 2. The number of nitrogens with zero attached hydrogens (tertiary/aromatic N) is 2. The summed E-state index contributed by atoms with van der Waals surface area (Å²) in [6, 6.07) is 24.0. The van der Waals surface area contributed by atoms with Gasteiger partial charge in [0.05, 0.1) is 27.0 Å². The molecular weight excluding hydrogens is 460 g/mol. The fraction of sp³-hybridized carbons (Fsp3) is 0.0833. The first-order valence-electron chi connectivity index (χ1n) is 10.2. The van der Waals surface area contributed by atoms with E-state index in [0.29, 0.717) is 13.0 Å². The third kappa shape index (κ3) is 5.60. The Hall–Kier alpha value is -3.62. The summed E-state index contributed by atoms with van der Waals surface area (Å²) in [5.41, 5.74) is 2.30. The number of rotatable bonds is 8. The molecule has 1 aromatic heterocycles. The van der Waals surface area contributed by atoms with Crippen molar-refractivity contribution in [3.63, 3.8) is 0 Å². The van der Waals surface area contributed by atoms with Gasteiger partial charge in [-0.15, -0.1) is 0 Å². The summed E-state index contributed by atoms with van der Waals surface area (Å²) < 4.78 is 29.7. The van der Waals surface area contributed by atoms with Gasteiger partial charge in [0.1, 0.15) is 0 Å². The molecule has 1 amide bonds. The molecule has 0 unspecified atom stereocenters. The van der Waals surface area contributed by atoms with E-state index >= 15 is 0 Å². The molecule has 0 spiro atoms. The normalized spacial score (nSPS) is 11.2. The SMILES string of the molecule is O=C(NCCc1ccn(-c2ccccc2)n1)c1cccc(S(=O)(=O)Nc2ccccc2Cl)c1. The average molecular weight is 481 g/mol. The number of nitrogens with one attached hydrogen (secondary N) is 2. The molecule has 7 nitrogen and oxygen atoms in total. The second-order valence-electron chi connectivity index (χ2n) is 7.21. The number of anilines is 1. The molecule has 3 aromatic carbocycles. The first-order chi connectivity index (χ1) is 15.9. The zero-order valence-electron chi connectivity index (χ0n) is 17.5. The van der Waals surface area contributed by atoms with Crippen LogP contribution in [-0.2, 0) is 16.4 Å². The van der Waals surface area contributed by atoms with E-state index in [0.717, 1.165) is 11.4 Å². The van der Waals surface area contributed by atoms with Crippen molar-refractivity contribution in [1.29, 1.82) is 0 Å². The van der Waals surface area contributed by atoms with Crippen molar-refractivity contribution in [2.45, 2.75) is 11.3 Å². The van der Waals surface area contributed by atoms with E-state index in [1.807, 2.05) is 42.6 Å². The van der Waals surface area contributed by atoms with Gasteiger partial charge in [0.2, 0.25) is 0 Å². The molecule has 0 saturated heterocycles. The summed E-state index contributed by atoms with van der Waals surface area (Å²) in [5, 5.41) is 7.60. The van der Waals surface area contributed by atoms with Gasteiger partial charge in [-0.1, -0.05) is 48.0 Å². The van der Waals surface area contributed by atoms with Gasteiger partial charge in [-0.2, -0.15) is 5.10 Å². The third-order valence-corrected chi connectivity index (χ3v) is 6.55. The minimum atomic E-state index is -3.91. The van der Waals surface area contributed by atoms with Crippen LogP contribution in [0.2, 0.25) is 5.02 Å². The lowest BCUT2D eigenvalue weighted by Crippen LogP contribution is -2.26. The fourth-order valence-corrected chi connectivity index (χ4v) is 4.54. The van der Waals surface area contributed by atoms with Crippen LogP contribution >= 0.6 is 11.6 Å². The molecule has 0 bridgehead atoms. The maximum absolute atomic E-state index is 12.7. The second kappa shape index (κ2) is 9.89. The number of sulfonamides is 1. The van der Waals surface area contributed by atoms with Crippen LogP contribution in [0.5, 0.6) is 0 Å². The van der Waals surface area contributed by atoms with Crippen molar-refractivity contribution < 1.29 is 13.2 Å². The summed E-state index contributed by atoms with van der Waals surface area (Å²) in [7, 11) is -3.91. The monoisotopic (exact) mass is 480 g/mol. The molecule has 0 radical (unpaired) electrons. The van der Waals surface area contributed by atoms with Crippen LogP contribution in [-0.4, -0.2) is 30.7 Å². The van der Waals surface area contributed by atoms with Crippen LogP contribution in [0.1, 0.15) is 16.1 Å². The van der Waals surface area contributed by atoms with Crippen LogP contribution in [0.3, 0.4) is 0 Å². The van der Waals surface area contributed by atoms with Crippen LogP contribution < -0.4 is 10.0 Å². The molecule has 4 rings (SSSR count). The zero-order chi connectivity index (χ0) is 23.3. The lowest BCUT2D eigenvalue weighted by Gasteiger charge is -2.11. The van der Waals surface area contributed by atoms with Crippen molar-refractivity contribution in [1.82, 2.24) is 15.1 Å². The van der Waals surface area contributed by atoms with E-state index in [9.17, 15) is 13.2 Å². The van der Waals surface area contributed by atoms with Gasteiger partial charge < -0.3 is 5.32 Å². The Balaban J connectivity index is 1.38. The molecule has 0 aliphatic rings. The third-order valence-electron chi connectivity index (χ3n) is 4.86. The number of halogens is 1. The Bertz CT molecular complexity index is 1370. The minimum Gasteiger partial charge on any atom is -0.352 e. The highest BCUT2D eigenvalue weighted by Crippen LogP contribution is 2.24. The first kappa shape index (κ1) is 22.6. The predicted molar refractivity (Wildman–Crippen MR) is 128 cm³/mol. The highest BCUT2D eigenvalue weighted by atomic mass is 35.5. The molecule has 4 aromatic rings. The van der Waals surface area contributed by atoms with E-state index in [2.05, 4.69) is 15.1 Å². The highest BCUT2D eigenvalue weighted by molar-refractivity contribution is 7.92. The van der Waals surface area contributed by atoms with Crippen molar-refractivity contribution >= 4 is 33.2 Å². The van der Waals surface area contributed by atoms with Gasteiger partial charge >= 0.3 is 0 Å². The molecule has 2 N–H and O–H groups in total. The quantitative estimate of drug-likeness (QED) is 0.393. The Morgan fingerprint density at radius 2 is 1.70 bits per heavy atom. The second-order valence-corrected chi connectivity index (χ2v) is 9.30. The van der Waals surface area contributed by atoms with Gasteiger partial charge in [-0.3, -0.25) is 9.52 Å². The average Bonchev–Trinajstić information content (AvgIpc) is 3.30. The van der Waals surface area contributed by atoms with E-state index in [1.54, 1.807) is 35.0 Å². The molecule has 0 aliphatic heterocycles. The summed E-state index contributed by atoms with van der Waals surface area (Å²) in [5.74, 6) is -0.368. The van der Waals surface area contributed by atoms with E-state index in [4.69, 9.17) is 11.6 Å². The molecule has 0 atom stereocenters. The molecule has 168 valence electrons. The number of hydrogen-bond donors (Lipinski definition) is 2. The molecule has 0 saturated carbocycles. The molecule has 0 fully saturated rings. The van der Waals surface area contributed by atoms with Crippen LogP contribution in [0, 0.1) is 0 Å². The van der Waals surface area contributed by atoms with Crippen molar-refractivity contribution in [3.05, 3.63) is 107 Å². The van der Waals surface area contributed by atoms with Gasteiger partial charge in [-0.25, -0.2) is 13.1 Å². The number of carbonyl (C=O) groups is 1. The maximum atomic E-state index is 12.7. The van der Waals surface area contributed by atoms with Gasteiger partial charge in [-0.05, 0) is 48.5 Å². The topological polar surface area (TPSA) is 93.1 Å². The number of benzene rings is 3. The maximum Gasteiger partial charge on any atom is 0.261 e. The summed E-state index contributed by atoms with van der Waals surface area (Å²) in [6.07, 6.45) is 2.41. The summed E-state index contributed by atoms with van der Waals surface area (Å²) in [6.45, 7) is 0.361. The lowest BCUT2D eigenvalue weighted by atomic mass is 10.2. The molecule has 0 aliphatic carbocycles. The molecule has 33 heavy (non-hydrogen) atoms. The Labute approximate surface area is 197 Å². The Morgan fingerprint density at radius 3 is 2.48 bits per heavy atom. The van der Waals surface area contributed by atoms with Gasteiger partial charge in [0.15, 0.2) is 0 Å². The van der Waals surface area contributed by atoms with Gasteiger partial charge in [0, 0.05) is 24.7 Å². The smallest absolute Gasteiger partial charge is 0.261 e. The van der Waals surface area contributed by atoms with Crippen LogP contribution in [0.25, 0.3) is 5.69 Å².